The average Bonchev–Trinajstić information content (AvgIpc) is 1.97. The molecule has 0 aliphatic rings. The van der Waals surface area contributed by atoms with Gasteiger partial charge in [0.1, 0.15) is 5.82 Å². The van der Waals surface area contributed by atoms with Crippen molar-refractivity contribution in [3.63, 3.8) is 0 Å². The van der Waals surface area contributed by atoms with E-state index in [1.807, 2.05) is 0 Å². The molecule has 0 aliphatic heterocycles. The molecule has 0 saturated heterocycles. The molecule has 0 amide bonds. The minimum Gasteiger partial charge on any atom is -0.545 e. The van der Waals surface area contributed by atoms with Crippen LogP contribution in [0.4, 0.5) is 10.1 Å². The second-order valence-electron chi connectivity index (χ2n) is 2.44. The van der Waals surface area contributed by atoms with Crippen molar-refractivity contribution >= 4 is 11.7 Å². The second-order valence-corrected chi connectivity index (χ2v) is 2.44. The van der Waals surface area contributed by atoms with Gasteiger partial charge in [0.2, 0.25) is 0 Å². The summed E-state index contributed by atoms with van der Waals surface area (Å²) in [6, 6.07) is 2.47. The summed E-state index contributed by atoms with van der Waals surface area (Å²) in [5, 5.41) is 10.4. The molecule has 1 aromatic carbocycles. The third-order valence-electron chi connectivity index (χ3n) is 1.62. The van der Waals surface area contributed by atoms with Gasteiger partial charge in [0.15, 0.2) is 0 Å². The van der Waals surface area contributed by atoms with Crippen LogP contribution in [0.3, 0.4) is 0 Å². The highest BCUT2D eigenvalue weighted by atomic mass is 19.1. The number of carbonyl (C=O) groups excluding carboxylic acids is 1. The first-order valence-electron chi connectivity index (χ1n) is 3.30. The van der Waals surface area contributed by atoms with Gasteiger partial charge >= 0.3 is 0 Å². The summed E-state index contributed by atoms with van der Waals surface area (Å²) in [7, 11) is 0. The molecule has 0 radical (unpaired) electrons. The van der Waals surface area contributed by atoms with Gasteiger partial charge in [-0.15, -0.1) is 0 Å². The Balaban J connectivity index is 3.43. The highest BCUT2D eigenvalue weighted by Crippen LogP contribution is 2.18. The minimum atomic E-state index is -1.59. The van der Waals surface area contributed by atoms with Crippen molar-refractivity contribution in [1.82, 2.24) is 0 Å². The van der Waals surface area contributed by atoms with Crippen LogP contribution < -0.4 is 10.8 Å². The quantitative estimate of drug-likeness (QED) is 0.604. The summed E-state index contributed by atoms with van der Waals surface area (Å²) in [5.74, 6) is -2.45. The molecule has 0 fully saturated rings. The van der Waals surface area contributed by atoms with E-state index in [1.165, 1.54) is 6.07 Å². The maximum Gasteiger partial charge on any atom is 0.134 e. The highest BCUT2D eigenvalue weighted by Gasteiger charge is 2.08. The van der Waals surface area contributed by atoms with Crippen molar-refractivity contribution in [2.45, 2.75) is 6.92 Å². The Bertz CT molecular complexity index is 336. The number of nitrogens with two attached hydrogens (primary N) is 1. The Labute approximate surface area is 68.6 Å². The zero-order valence-electron chi connectivity index (χ0n) is 6.43. The van der Waals surface area contributed by atoms with E-state index in [0.717, 1.165) is 6.07 Å². The predicted molar refractivity (Wildman–Crippen MR) is 39.9 cm³/mol. The number of carboxylic acid groups (broad SMARTS) is 1. The summed E-state index contributed by atoms with van der Waals surface area (Å²) < 4.78 is 12.8. The van der Waals surface area contributed by atoms with E-state index < -0.39 is 17.3 Å². The normalized spacial score (nSPS) is 9.83. The summed E-state index contributed by atoms with van der Waals surface area (Å²) >= 11 is 0. The molecule has 0 atom stereocenters. The van der Waals surface area contributed by atoms with Crippen molar-refractivity contribution in [2.24, 2.45) is 0 Å². The molecular formula is C8H7FNO2-. The second kappa shape index (κ2) is 2.81. The van der Waals surface area contributed by atoms with Gasteiger partial charge in [0.25, 0.3) is 0 Å². The Hall–Kier alpha value is -1.58. The lowest BCUT2D eigenvalue weighted by Crippen LogP contribution is -2.25. The van der Waals surface area contributed by atoms with Gasteiger partial charge in [-0.25, -0.2) is 4.39 Å². The van der Waals surface area contributed by atoms with Crippen LogP contribution in [-0.4, -0.2) is 5.97 Å². The minimum absolute atomic E-state index is 0.0741. The van der Waals surface area contributed by atoms with Gasteiger partial charge in [-0.05, 0) is 18.6 Å². The molecule has 0 aliphatic carbocycles. The smallest absolute Gasteiger partial charge is 0.134 e. The van der Waals surface area contributed by atoms with E-state index in [9.17, 15) is 14.3 Å². The molecule has 4 heteroatoms. The van der Waals surface area contributed by atoms with E-state index in [-0.39, 0.29) is 5.69 Å². The number of hydrogen-bond acceptors (Lipinski definition) is 3. The lowest BCUT2D eigenvalue weighted by molar-refractivity contribution is -0.255. The molecule has 1 rings (SSSR count). The molecule has 0 bridgehead atoms. The average molecular weight is 168 g/mol. The molecule has 1 aromatic rings. The summed E-state index contributed by atoms with van der Waals surface area (Å²) in [6.07, 6.45) is 0. The number of rotatable bonds is 1. The number of carboxylic acids is 1. The Kier molecular flexibility index (Phi) is 1.99. The monoisotopic (exact) mass is 168 g/mol. The van der Waals surface area contributed by atoms with E-state index in [4.69, 9.17) is 5.73 Å². The molecule has 0 heterocycles. The van der Waals surface area contributed by atoms with Crippen molar-refractivity contribution in [2.75, 3.05) is 5.73 Å². The Morgan fingerprint density at radius 2 is 2.17 bits per heavy atom. The number of benzene rings is 1. The van der Waals surface area contributed by atoms with E-state index in [0.29, 0.717) is 5.56 Å². The largest absolute Gasteiger partial charge is 0.545 e. The first kappa shape index (κ1) is 8.52. The summed E-state index contributed by atoms with van der Waals surface area (Å²) in [5.41, 5.74) is 5.21. The first-order chi connectivity index (χ1) is 5.54. The fourth-order valence-corrected chi connectivity index (χ4v) is 0.905. The number of nitrogen functional groups attached to an aromatic ring is 1. The van der Waals surface area contributed by atoms with E-state index in [2.05, 4.69) is 0 Å². The van der Waals surface area contributed by atoms with E-state index >= 15 is 0 Å². The number of aromatic carboxylic acids is 1. The summed E-state index contributed by atoms with van der Waals surface area (Å²) in [6.45, 7) is 1.60. The van der Waals surface area contributed by atoms with Crippen LogP contribution in [-0.2, 0) is 0 Å². The summed E-state index contributed by atoms with van der Waals surface area (Å²) in [4.78, 5) is 10.4. The zero-order valence-corrected chi connectivity index (χ0v) is 6.43. The van der Waals surface area contributed by atoms with Crippen LogP contribution in [0.2, 0.25) is 0 Å². The molecule has 3 nitrogen and oxygen atoms in total. The van der Waals surface area contributed by atoms with Gasteiger partial charge in [-0.2, -0.15) is 0 Å². The number of halogens is 1. The standard InChI is InChI=1S/C8H8FNO2/c1-4-2-3-5(9)6(7(4)10)8(11)12/h2-3H,10H2,1H3,(H,11,12)/p-1. The third kappa shape index (κ3) is 1.23. The molecule has 2 N–H and O–H groups in total. The fraction of sp³-hybridized carbons (Fsp3) is 0.125. The lowest BCUT2D eigenvalue weighted by atomic mass is 10.1. The molecule has 0 aromatic heterocycles. The number of carbonyl (C=O) groups is 1. The Morgan fingerprint density at radius 1 is 1.58 bits per heavy atom. The molecule has 64 valence electrons. The van der Waals surface area contributed by atoms with Crippen LogP contribution >= 0.6 is 0 Å². The molecular weight excluding hydrogens is 161 g/mol. The lowest BCUT2D eigenvalue weighted by Gasteiger charge is -2.09. The first-order valence-corrected chi connectivity index (χ1v) is 3.30. The molecule has 0 saturated carbocycles. The van der Waals surface area contributed by atoms with Gasteiger partial charge < -0.3 is 15.6 Å². The van der Waals surface area contributed by atoms with Crippen LogP contribution in [0.15, 0.2) is 12.1 Å². The third-order valence-corrected chi connectivity index (χ3v) is 1.62. The predicted octanol–water partition coefficient (Wildman–Crippen LogP) is 0.0798. The molecule has 0 unspecified atom stereocenters. The molecule has 0 spiro atoms. The van der Waals surface area contributed by atoms with Crippen LogP contribution in [0.5, 0.6) is 0 Å². The van der Waals surface area contributed by atoms with Crippen LogP contribution in [0.1, 0.15) is 15.9 Å². The number of aryl methyl sites for hydroxylation is 1. The van der Waals surface area contributed by atoms with Gasteiger partial charge in [-0.1, -0.05) is 6.07 Å². The van der Waals surface area contributed by atoms with Gasteiger partial charge in [0.05, 0.1) is 11.5 Å². The maximum absolute atomic E-state index is 12.8. The van der Waals surface area contributed by atoms with Gasteiger partial charge in [0, 0.05) is 5.69 Å². The fourth-order valence-electron chi connectivity index (χ4n) is 0.905. The van der Waals surface area contributed by atoms with Crippen LogP contribution in [0, 0.1) is 12.7 Å². The Morgan fingerprint density at radius 3 is 2.58 bits per heavy atom. The number of hydrogen-bond donors (Lipinski definition) is 1. The topological polar surface area (TPSA) is 66.1 Å². The van der Waals surface area contributed by atoms with Crippen molar-refractivity contribution < 1.29 is 14.3 Å². The van der Waals surface area contributed by atoms with E-state index in [1.54, 1.807) is 6.92 Å². The van der Waals surface area contributed by atoms with Crippen molar-refractivity contribution in [1.29, 1.82) is 0 Å². The SMILES string of the molecule is Cc1ccc(F)c(C(=O)[O-])c1N. The highest BCUT2D eigenvalue weighted by molar-refractivity contribution is 5.93. The zero-order chi connectivity index (χ0) is 9.30. The van der Waals surface area contributed by atoms with Crippen molar-refractivity contribution in [3.8, 4) is 0 Å². The van der Waals surface area contributed by atoms with Gasteiger partial charge in [-0.3, -0.25) is 0 Å². The maximum atomic E-state index is 12.8. The van der Waals surface area contributed by atoms with Crippen LogP contribution in [0.25, 0.3) is 0 Å². The molecule has 12 heavy (non-hydrogen) atoms. The van der Waals surface area contributed by atoms with Crippen molar-refractivity contribution in [3.05, 3.63) is 29.1 Å². The number of anilines is 1.